The van der Waals surface area contributed by atoms with E-state index in [1.807, 2.05) is 6.92 Å². The van der Waals surface area contributed by atoms with E-state index in [1.165, 1.54) is 32.1 Å². The molecule has 134 valence electrons. The molecule has 0 saturated carbocycles. The summed E-state index contributed by atoms with van der Waals surface area (Å²) in [5.41, 5.74) is 0. The fourth-order valence-electron chi connectivity index (χ4n) is 2.31. The second-order valence-electron chi connectivity index (χ2n) is 6.04. The zero-order valence-electron chi connectivity index (χ0n) is 15.5. The third kappa shape index (κ3) is 11.1. The highest BCUT2D eigenvalue weighted by Crippen LogP contribution is 2.59. The standard InChI is InChI=1S/C17H38NO2PS/c1-6-10-11-12-13-17(5)16-20-21(19,9-4)22-15-14-18(7-2)8-3/h17H,6-16H2,1-5H3. The van der Waals surface area contributed by atoms with Crippen LogP contribution in [0.15, 0.2) is 0 Å². The molecule has 0 aromatic carbocycles. The Balaban J connectivity index is 3.98. The average molecular weight is 352 g/mol. The smallest absolute Gasteiger partial charge is 0.257 e. The van der Waals surface area contributed by atoms with Gasteiger partial charge in [-0.25, -0.2) is 0 Å². The van der Waals surface area contributed by atoms with E-state index >= 15 is 0 Å². The lowest BCUT2D eigenvalue weighted by molar-refractivity contribution is 0.257. The van der Waals surface area contributed by atoms with Crippen molar-refractivity contribution in [3.05, 3.63) is 0 Å². The van der Waals surface area contributed by atoms with E-state index in [9.17, 15) is 4.57 Å². The van der Waals surface area contributed by atoms with Crippen LogP contribution in [0.2, 0.25) is 0 Å². The molecule has 0 bridgehead atoms. The molecule has 0 saturated heterocycles. The van der Waals surface area contributed by atoms with Crippen molar-refractivity contribution in [2.75, 3.05) is 38.2 Å². The molecule has 0 rings (SSSR count). The van der Waals surface area contributed by atoms with Crippen molar-refractivity contribution in [1.82, 2.24) is 4.90 Å². The lowest BCUT2D eigenvalue weighted by Crippen LogP contribution is -2.25. The van der Waals surface area contributed by atoms with Crippen LogP contribution in [0.1, 0.15) is 66.7 Å². The zero-order valence-corrected chi connectivity index (χ0v) is 17.2. The quantitative estimate of drug-likeness (QED) is 0.271. The van der Waals surface area contributed by atoms with Crippen LogP contribution in [0.5, 0.6) is 0 Å². The van der Waals surface area contributed by atoms with Crippen LogP contribution < -0.4 is 0 Å². The summed E-state index contributed by atoms with van der Waals surface area (Å²) in [6.45, 7) is 12.1. The van der Waals surface area contributed by atoms with Gasteiger partial charge in [0.1, 0.15) is 0 Å². The zero-order chi connectivity index (χ0) is 16.8. The van der Waals surface area contributed by atoms with Gasteiger partial charge < -0.3 is 9.42 Å². The van der Waals surface area contributed by atoms with Crippen LogP contribution >= 0.6 is 18.0 Å². The molecule has 22 heavy (non-hydrogen) atoms. The van der Waals surface area contributed by atoms with Gasteiger partial charge in [-0.2, -0.15) is 0 Å². The molecule has 0 spiro atoms. The molecule has 0 aliphatic heterocycles. The average Bonchev–Trinajstić information content (AvgIpc) is 2.54. The first kappa shape index (κ1) is 22.5. The van der Waals surface area contributed by atoms with E-state index in [1.54, 1.807) is 11.4 Å². The summed E-state index contributed by atoms with van der Waals surface area (Å²) in [7, 11) is 0. The van der Waals surface area contributed by atoms with Crippen molar-refractivity contribution in [3.8, 4) is 0 Å². The van der Waals surface area contributed by atoms with Crippen LogP contribution in [0.25, 0.3) is 0 Å². The molecule has 0 fully saturated rings. The molecular weight excluding hydrogens is 313 g/mol. The summed E-state index contributed by atoms with van der Waals surface area (Å²) in [4.78, 5) is 2.36. The monoisotopic (exact) mass is 351 g/mol. The minimum Gasteiger partial charge on any atom is -0.321 e. The van der Waals surface area contributed by atoms with Crippen molar-refractivity contribution in [3.63, 3.8) is 0 Å². The molecule has 2 atom stereocenters. The highest BCUT2D eigenvalue weighted by Gasteiger charge is 2.22. The van der Waals surface area contributed by atoms with Gasteiger partial charge in [-0.15, -0.1) is 0 Å². The Morgan fingerprint density at radius 1 is 1.09 bits per heavy atom. The van der Waals surface area contributed by atoms with Crippen LogP contribution in [0.4, 0.5) is 0 Å². The van der Waals surface area contributed by atoms with Crippen LogP contribution in [-0.4, -0.2) is 43.1 Å². The highest BCUT2D eigenvalue weighted by atomic mass is 32.7. The minimum atomic E-state index is -2.49. The highest BCUT2D eigenvalue weighted by molar-refractivity contribution is 8.56. The molecule has 5 heteroatoms. The maximum atomic E-state index is 12.7. The van der Waals surface area contributed by atoms with E-state index in [4.69, 9.17) is 4.52 Å². The number of rotatable bonds is 15. The first-order chi connectivity index (χ1) is 10.5. The third-order valence-electron chi connectivity index (χ3n) is 4.08. The molecular formula is C17H38NO2PS. The van der Waals surface area contributed by atoms with Gasteiger partial charge in [0.2, 0.25) is 0 Å². The lowest BCUT2D eigenvalue weighted by Gasteiger charge is -2.21. The Kier molecular flexibility index (Phi) is 14.2. The summed E-state index contributed by atoms with van der Waals surface area (Å²) >= 11 is 1.55. The van der Waals surface area contributed by atoms with Crippen molar-refractivity contribution in [1.29, 1.82) is 0 Å². The number of hydrogen-bond acceptors (Lipinski definition) is 4. The van der Waals surface area contributed by atoms with Crippen LogP contribution in [0.3, 0.4) is 0 Å². The Hall–Kier alpha value is 0.500. The number of hydrogen-bond donors (Lipinski definition) is 0. The van der Waals surface area contributed by atoms with Crippen molar-refractivity contribution in [2.24, 2.45) is 5.92 Å². The molecule has 2 unspecified atom stereocenters. The van der Waals surface area contributed by atoms with Gasteiger partial charge in [0, 0.05) is 18.5 Å². The SMILES string of the molecule is CCCCCCC(C)COP(=O)(CC)SCCN(CC)CC. The molecule has 0 aliphatic carbocycles. The van der Waals surface area contributed by atoms with E-state index in [0.717, 1.165) is 25.4 Å². The summed E-state index contributed by atoms with van der Waals surface area (Å²) in [6.07, 6.45) is 7.00. The van der Waals surface area contributed by atoms with Crippen molar-refractivity contribution >= 4 is 18.0 Å². The summed E-state index contributed by atoms with van der Waals surface area (Å²) < 4.78 is 18.6. The van der Waals surface area contributed by atoms with Crippen molar-refractivity contribution < 1.29 is 9.09 Å². The fourth-order valence-corrected chi connectivity index (χ4v) is 5.89. The van der Waals surface area contributed by atoms with Gasteiger partial charge in [0.15, 0.2) is 0 Å². The number of unbranched alkanes of at least 4 members (excludes halogenated alkanes) is 3. The predicted octanol–water partition coefficient (Wildman–Crippen LogP) is 5.90. The Bertz CT molecular complexity index is 298. The molecule has 3 nitrogen and oxygen atoms in total. The summed E-state index contributed by atoms with van der Waals surface area (Å²) in [5, 5.41) is 0. The van der Waals surface area contributed by atoms with E-state index in [0.29, 0.717) is 18.7 Å². The topological polar surface area (TPSA) is 29.5 Å². The second-order valence-corrected chi connectivity index (χ2v) is 11.3. The van der Waals surface area contributed by atoms with Gasteiger partial charge in [-0.05, 0) is 25.4 Å². The maximum absolute atomic E-state index is 12.7. The third-order valence-corrected chi connectivity index (χ3v) is 8.98. The number of nitrogens with zero attached hydrogens (tertiary/aromatic N) is 1. The molecule has 0 aromatic rings. The Morgan fingerprint density at radius 3 is 2.32 bits per heavy atom. The van der Waals surface area contributed by atoms with Crippen molar-refractivity contribution in [2.45, 2.75) is 66.7 Å². The maximum Gasteiger partial charge on any atom is 0.257 e. The molecule has 0 heterocycles. The molecule has 0 aromatic heterocycles. The largest absolute Gasteiger partial charge is 0.321 e. The van der Waals surface area contributed by atoms with Gasteiger partial charge in [0.05, 0.1) is 6.61 Å². The normalized spacial score (nSPS) is 15.9. The Morgan fingerprint density at radius 2 is 1.77 bits per heavy atom. The molecule has 0 N–H and O–H groups in total. The minimum absolute atomic E-state index is 0.514. The van der Waals surface area contributed by atoms with Gasteiger partial charge in [-0.3, -0.25) is 4.57 Å². The lowest BCUT2D eigenvalue weighted by atomic mass is 10.0. The van der Waals surface area contributed by atoms with Crippen LogP contribution in [0, 0.1) is 5.92 Å². The first-order valence-corrected chi connectivity index (χ1v) is 12.5. The summed E-state index contributed by atoms with van der Waals surface area (Å²) in [6, 6.07) is 0. The van der Waals surface area contributed by atoms with Gasteiger partial charge in [-0.1, -0.05) is 71.7 Å². The molecule has 0 aliphatic rings. The first-order valence-electron chi connectivity index (χ1n) is 9.11. The summed E-state index contributed by atoms with van der Waals surface area (Å²) in [5.74, 6) is 1.41. The van der Waals surface area contributed by atoms with Gasteiger partial charge >= 0.3 is 0 Å². The fraction of sp³-hybridized carbons (Fsp3) is 1.00. The van der Waals surface area contributed by atoms with E-state index < -0.39 is 6.57 Å². The Labute approximate surface area is 143 Å². The molecule has 0 amide bonds. The van der Waals surface area contributed by atoms with E-state index in [2.05, 4.69) is 32.6 Å². The van der Waals surface area contributed by atoms with E-state index in [-0.39, 0.29) is 0 Å². The second kappa shape index (κ2) is 13.9. The van der Waals surface area contributed by atoms with Crippen LogP contribution in [-0.2, 0) is 9.09 Å². The predicted molar refractivity (Wildman–Crippen MR) is 102 cm³/mol. The molecule has 0 radical (unpaired) electrons. The van der Waals surface area contributed by atoms with Gasteiger partial charge in [0.25, 0.3) is 6.57 Å².